The molecule has 0 unspecified atom stereocenters. The number of hydrogen-bond acceptors (Lipinski definition) is 3. The Morgan fingerprint density at radius 3 is 2.40 bits per heavy atom. The molecule has 0 aliphatic heterocycles. The van der Waals surface area contributed by atoms with Gasteiger partial charge in [-0.2, -0.15) is 0 Å². The molecule has 2 aromatic carbocycles. The molecule has 7 heteroatoms. The third-order valence-electron chi connectivity index (χ3n) is 2.71. The summed E-state index contributed by atoms with van der Waals surface area (Å²) in [6.45, 7) is 1.61. The molecular weight excluding hydrogens is 347 g/mol. The van der Waals surface area contributed by atoms with Gasteiger partial charge in [-0.3, -0.25) is 4.72 Å². The van der Waals surface area contributed by atoms with E-state index in [9.17, 15) is 12.8 Å². The lowest BCUT2D eigenvalue weighted by atomic mass is 10.2. The molecule has 106 valence electrons. The van der Waals surface area contributed by atoms with E-state index in [0.717, 1.165) is 16.6 Å². The molecule has 4 nitrogen and oxygen atoms in total. The van der Waals surface area contributed by atoms with Crippen LogP contribution in [0, 0.1) is 12.7 Å². The van der Waals surface area contributed by atoms with E-state index in [0.29, 0.717) is 11.3 Å². The van der Waals surface area contributed by atoms with Crippen molar-refractivity contribution in [1.29, 1.82) is 0 Å². The molecule has 0 atom stereocenters. The Balaban J connectivity index is 2.40. The lowest BCUT2D eigenvalue weighted by Gasteiger charge is -2.10. The van der Waals surface area contributed by atoms with E-state index < -0.39 is 20.7 Å². The quantitative estimate of drug-likeness (QED) is 0.827. The third-order valence-corrected chi connectivity index (χ3v) is 4.63. The summed E-state index contributed by atoms with van der Waals surface area (Å²) in [5.74, 6) is -0.832. The number of aryl methyl sites for hydroxylation is 1. The van der Waals surface area contributed by atoms with Crippen molar-refractivity contribution < 1.29 is 12.8 Å². The molecule has 0 aliphatic carbocycles. The standard InChI is InChI=1S/C13H12BrFN2O2S/c1-8-6-11(15)13(7-12(8)16)20(18,19)17-10-4-2-9(14)3-5-10/h2-7,17H,16H2,1H3. The Morgan fingerprint density at radius 2 is 1.80 bits per heavy atom. The van der Waals surface area contributed by atoms with Crippen LogP contribution in [-0.4, -0.2) is 8.42 Å². The number of rotatable bonds is 3. The molecule has 0 aromatic heterocycles. The first-order chi connectivity index (χ1) is 9.29. The highest BCUT2D eigenvalue weighted by Crippen LogP contribution is 2.24. The van der Waals surface area contributed by atoms with Crippen molar-refractivity contribution in [2.45, 2.75) is 11.8 Å². The number of hydrogen-bond donors (Lipinski definition) is 2. The molecule has 3 N–H and O–H groups in total. The fourth-order valence-electron chi connectivity index (χ4n) is 1.60. The zero-order chi connectivity index (χ0) is 14.9. The molecule has 0 heterocycles. The van der Waals surface area contributed by atoms with Gasteiger partial charge in [0, 0.05) is 15.8 Å². The molecule has 2 rings (SSSR count). The second-order valence-electron chi connectivity index (χ2n) is 4.25. The van der Waals surface area contributed by atoms with Gasteiger partial charge in [-0.25, -0.2) is 12.8 Å². The minimum atomic E-state index is -4.02. The molecule has 0 saturated heterocycles. The highest BCUT2D eigenvalue weighted by Gasteiger charge is 2.20. The fourth-order valence-corrected chi connectivity index (χ4v) is 3.02. The van der Waals surface area contributed by atoms with Gasteiger partial charge in [-0.15, -0.1) is 0 Å². The van der Waals surface area contributed by atoms with Crippen LogP contribution >= 0.6 is 15.9 Å². The van der Waals surface area contributed by atoms with Gasteiger partial charge < -0.3 is 5.73 Å². The predicted octanol–water partition coefficient (Wildman–Crippen LogP) is 3.28. The highest BCUT2D eigenvalue weighted by atomic mass is 79.9. The Kier molecular flexibility index (Phi) is 4.01. The van der Waals surface area contributed by atoms with Crippen LogP contribution in [0.4, 0.5) is 15.8 Å². The molecule has 2 aromatic rings. The second kappa shape index (κ2) is 5.41. The van der Waals surface area contributed by atoms with Gasteiger partial charge in [0.15, 0.2) is 0 Å². The maximum Gasteiger partial charge on any atom is 0.264 e. The molecule has 0 amide bonds. The van der Waals surface area contributed by atoms with Crippen LogP contribution in [0.1, 0.15) is 5.56 Å². The third kappa shape index (κ3) is 3.10. The average Bonchev–Trinajstić information content (AvgIpc) is 2.36. The predicted molar refractivity (Wildman–Crippen MR) is 80.5 cm³/mol. The minimum Gasteiger partial charge on any atom is -0.398 e. The van der Waals surface area contributed by atoms with Gasteiger partial charge in [-0.05, 0) is 48.9 Å². The summed E-state index contributed by atoms with van der Waals surface area (Å²) in [6.07, 6.45) is 0. The normalized spacial score (nSPS) is 11.3. The smallest absolute Gasteiger partial charge is 0.264 e. The Labute approximate surface area is 125 Å². The molecule has 0 radical (unpaired) electrons. The molecule has 20 heavy (non-hydrogen) atoms. The van der Waals surface area contributed by atoms with Crippen molar-refractivity contribution in [2.75, 3.05) is 10.5 Å². The first kappa shape index (κ1) is 14.8. The van der Waals surface area contributed by atoms with E-state index in [2.05, 4.69) is 20.7 Å². The van der Waals surface area contributed by atoms with E-state index in [-0.39, 0.29) is 5.69 Å². The lowest BCUT2D eigenvalue weighted by Crippen LogP contribution is -2.15. The Bertz CT molecular complexity index is 746. The molecule has 0 fully saturated rings. The number of anilines is 2. The molecule has 0 saturated carbocycles. The number of nitrogen functional groups attached to an aromatic ring is 1. The van der Waals surface area contributed by atoms with Gasteiger partial charge in [0.25, 0.3) is 10.0 Å². The zero-order valence-electron chi connectivity index (χ0n) is 10.5. The summed E-state index contributed by atoms with van der Waals surface area (Å²) in [6, 6.07) is 8.71. The fraction of sp³-hybridized carbons (Fsp3) is 0.0769. The van der Waals surface area contributed by atoms with Crippen LogP contribution in [0.25, 0.3) is 0 Å². The van der Waals surface area contributed by atoms with E-state index in [4.69, 9.17) is 5.73 Å². The van der Waals surface area contributed by atoms with Gasteiger partial charge in [0.1, 0.15) is 10.7 Å². The summed E-state index contributed by atoms with van der Waals surface area (Å²) in [4.78, 5) is -0.469. The molecule has 0 aliphatic rings. The van der Waals surface area contributed by atoms with Crippen LogP contribution in [0.2, 0.25) is 0 Å². The maximum atomic E-state index is 13.8. The van der Waals surface area contributed by atoms with Crippen LogP contribution in [0.3, 0.4) is 0 Å². The van der Waals surface area contributed by atoms with Crippen molar-refractivity contribution in [2.24, 2.45) is 0 Å². The van der Waals surface area contributed by atoms with Gasteiger partial charge in [0.2, 0.25) is 0 Å². The monoisotopic (exact) mass is 358 g/mol. The Hall–Kier alpha value is -1.60. The van der Waals surface area contributed by atoms with Gasteiger partial charge >= 0.3 is 0 Å². The number of halogens is 2. The second-order valence-corrected chi connectivity index (χ2v) is 6.82. The first-order valence-corrected chi connectivity index (χ1v) is 7.91. The largest absolute Gasteiger partial charge is 0.398 e. The summed E-state index contributed by atoms with van der Waals surface area (Å²) in [5.41, 5.74) is 6.69. The van der Waals surface area contributed by atoms with Gasteiger partial charge in [0.05, 0.1) is 0 Å². The highest BCUT2D eigenvalue weighted by molar-refractivity contribution is 9.10. The van der Waals surface area contributed by atoms with E-state index in [1.54, 1.807) is 31.2 Å². The van der Waals surface area contributed by atoms with Crippen LogP contribution in [0.15, 0.2) is 45.8 Å². The average molecular weight is 359 g/mol. The summed E-state index contributed by atoms with van der Waals surface area (Å²) in [7, 11) is -4.02. The first-order valence-electron chi connectivity index (χ1n) is 5.63. The van der Waals surface area contributed by atoms with Crippen LogP contribution in [0.5, 0.6) is 0 Å². The Morgan fingerprint density at radius 1 is 1.20 bits per heavy atom. The van der Waals surface area contributed by atoms with E-state index in [1.165, 1.54) is 0 Å². The van der Waals surface area contributed by atoms with Crippen LogP contribution in [-0.2, 0) is 10.0 Å². The number of benzene rings is 2. The number of sulfonamides is 1. The van der Waals surface area contributed by atoms with Crippen molar-refractivity contribution >= 4 is 37.3 Å². The maximum absolute atomic E-state index is 13.8. The molecular formula is C13H12BrFN2O2S. The lowest BCUT2D eigenvalue weighted by molar-refractivity contribution is 0.570. The van der Waals surface area contributed by atoms with Crippen LogP contribution < -0.4 is 10.5 Å². The topological polar surface area (TPSA) is 72.2 Å². The van der Waals surface area contributed by atoms with Crippen molar-refractivity contribution in [3.63, 3.8) is 0 Å². The summed E-state index contributed by atoms with van der Waals surface area (Å²) >= 11 is 3.25. The van der Waals surface area contributed by atoms with Gasteiger partial charge in [-0.1, -0.05) is 15.9 Å². The number of nitrogens with two attached hydrogens (primary N) is 1. The van der Waals surface area contributed by atoms with Crippen molar-refractivity contribution in [3.8, 4) is 0 Å². The molecule has 0 spiro atoms. The van der Waals surface area contributed by atoms with Crippen molar-refractivity contribution in [1.82, 2.24) is 0 Å². The molecule has 0 bridgehead atoms. The SMILES string of the molecule is Cc1cc(F)c(S(=O)(=O)Nc2ccc(Br)cc2)cc1N. The van der Waals surface area contributed by atoms with E-state index >= 15 is 0 Å². The summed E-state index contributed by atoms with van der Waals surface area (Å²) in [5, 5.41) is 0. The number of nitrogens with one attached hydrogen (secondary N) is 1. The minimum absolute atomic E-state index is 0.225. The van der Waals surface area contributed by atoms with Crippen molar-refractivity contribution in [3.05, 3.63) is 52.3 Å². The summed E-state index contributed by atoms with van der Waals surface area (Å²) < 4.78 is 41.2. The zero-order valence-corrected chi connectivity index (χ0v) is 12.9. The van der Waals surface area contributed by atoms with E-state index in [1.807, 2.05) is 0 Å².